The summed E-state index contributed by atoms with van der Waals surface area (Å²) in [6.07, 6.45) is -1.95. The summed E-state index contributed by atoms with van der Waals surface area (Å²) in [4.78, 5) is 21.9. The summed E-state index contributed by atoms with van der Waals surface area (Å²) in [5, 5.41) is 9.40. The highest BCUT2D eigenvalue weighted by molar-refractivity contribution is 5.89. The van der Waals surface area contributed by atoms with Crippen LogP contribution in [0.15, 0.2) is 41.2 Å². The van der Waals surface area contributed by atoms with Crippen molar-refractivity contribution in [3.8, 4) is 17.6 Å². The number of aromatic nitrogens is 2. The van der Waals surface area contributed by atoms with Crippen molar-refractivity contribution in [3.05, 3.63) is 58.0 Å². The zero-order chi connectivity index (χ0) is 25.6. The van der Waals surface area contributed by atoms with Crippen molar-refractivity contribution in [3.63, 3.8) is 0 Å². The Morgan fingerprint density at radius 2 is 1.83 bits per heavy atom. The lowest BCUT2D eigenvalue weighted by Gasteiger charge is -2.47. The third-order valence-electron chi connectivity index (χ3n) is 7.10. The molecule has 2 aliphatic heterocycles. The fourth-order valence-corrected chi connectivity index (χ4v) is 5.15. The van der Waals surface area contributed by atoms with E-state index in [0.717, 1.165) is 24.1 Å². The summed E-state index contributed by atoms with van der Waals surface area (Å²) < 4.78 is 37.6. The van der Waals surface area contributed by atoms with E-state index in [2.05, 4.69) is 44.2 Å². The number of benzene rings is 1. The van der Waals surface area contributed by atoms with Gasteiger partial charge in [-0.2, -0.15) is 5.26 Å². The second-order valence-corrected chi connectivity index (χ2v) is 9.26. The number of halogens is 2. The molecule has 2 aliphatic rings. The first-order chi connectivity index (χ1) is 17.2. The van der Waals surface area contributed by atoms with E-state index in [-0.39, 0.29) is 29.1 Å². The van der Waals surface area contributed by atoms with E-state index in [1.165, 1.54) is 6.07 Å². The molecule has 36 heavy (non-hydrogen) atoms. The first kappa shape index (κ1) is 24.0. The van der Waals surface area contributed by atoms with E-state index in [1.54, 1.807) is 41.9 Å². The van der Waals surface area contributed by atoms with Gasteiger partial charge in [0.15, 0.2) is 11.5 Å². The minimum Gasteiger partial charge on any atom is -0.395 e. The van der Waals surface area contributed by atoms with Gasteiger partial charge < -0.3 is 18.9 Å². The Hall–Kier alpha value is -3.71. The highest BCUT2D eigenvalue weighted by Gasteiger charge is 2.43. The molecule has 10 heteroatoms. The van der Waals surface area contributed by atoms with Gasteiger partial charge >= 0.3 is 6.29 Å². The molecule has 2 aromatic heterocycles. The van der Waals surface area contributed by atoms with Crippen LogP contribution in [0.5, 0.6) is 11.5 Å². The third-order valence-corrected chi connectivity index (χ3v) is 7.10. The Balaban J connectivity index is 1.46. The topological polar surface area (TPSA) is 83.6 Å². The first-order valence-corrected chi connectivity index (χ1v) is 12.0. The van der Waals surface area contributed by atoms with Crippen LogP contribution in [0.4, 0.5) is 14.5 Å². The van der Waals surface area contributed by atoms with Crippen molar-refractivity contribution < 1.29 is 18.3 Å². The van der Waals surface area contributed by atoms with Gasteiger partial charge in [-0.1, -0.05) is 19.9 Å². The maximum Gasteiger partial charge on any atom is 0.586 e. The van der Waals surface area contributed by atoms with Crippen LogP contribution >= 0.6 is 0 Å². The summed E-state index contributed by atoms with van der Waals surface area (Å²) in [5.41, 5.74) is 3.08. The zero-order valence-electron chi connectivity index (χ0n) is 20.4. The number of fused-ring (bicyclic) bond motifs is 2. The third kappa shape index (κ3) is 4.24. The summed E-state index contributed by atoms with van der Waals surface area (Å²) in [5.74, 6) is 0.0796. The molecule has 0 aliphatic carbocycles. The lowest BCUT2D eigenvalue weighted by atomic mass is 10.00. The normalized spacial score (nSPS) is 21.1. The van der Waals surface area contributed by atoms with Crippen molar-refractivity contribution in [2.75, 3.05) is 18.0 Å². The number of nitrogens with zero attached hydrogens (tertiary/aromatic N) is 5. The number of alkyl halides is 2. The molecule has 4 heterocycles. The summed E-state index contributed by atoms with van der Waals surface area (Å²) in [6.45, 7) is 6.16. The maximum atomic E-state index is 13.5. The second kappa shape index (κ2) is 9.06. The smallest absolute Gasteiger partial charge is 0.395 e. The number of anilines is 1. The molecule has 5 rings (SSSR count). The molecule has 188 valence electrons. The van der Waals surface area contributed by atoms with Crippen LogP contribution in [0, 0.1) is 11.3 Å². The Bertz CT molecular complexity index is 1420. The average molecular weight is 496 g/mol. The number of rotatable bonds is 5. The van der Waals surface area contributed by atoms with Crippen LogP contribution in [0.25, 0.3) is 11.0 Å². The SMILES string of the molecule is CC[C@@H]1CN(c2cc(=O)n(C)c3ccc(C#N)nc23)[C@@H](CC)CN1Cc1ccc2c(c1)OC(F)(F)O2. The Morgan fingerprint density at radius 1 is 1.08 bits per heavy atom. The van der Waals surface area contributed by atoms with Gasteiger partial charge in [0.1, 0.15) is 17.3 Å². The van der Waals surface area contributed by atoms with Crippen LogP contribution in [0.1, 0.15) is 37.9 Å². The number of nitriles is 1. The van der Waals surface area contributed by atoms with Gasteiger partial charge in [0.2, 0.25) is 0 Å². The second-order valence-electron chi connectivity index (χ2n) is 9.26. The van der Waals surface area contributed by atoms with Crippen LogP contribution in [-0.2, 0) is 13.6 Å². The molecule has 1 fully saturated rings. The van der Waals surface area contributed by atoms with E-state index in [1.807, 2.05) is 0 Å². The van der Waals surface area contributed by atoms with Gasteiger partial charge in [-0.15, -0.1) is 8.78 Å². The molecule has 0 bridgehead atoms. The Labute approximate surface area is 207 Å². The molecule has 2 atom stereocenters. The lowest BCUT2D eigenvalue weighted by molar-refractivity contribution is -0.286. The first-order valence-electron chi connectivity index (χ1n) is 12.0. The molecule has 0 radical (unpaired) electrons. The highest BCUT2D eigenvalue weighted by Crippen LogP contribution is 2.41. The predicted molar refractivity (Wildman–Crippen MR) is 130 cm³/mol. The van der Waals surface area contributed by atoms with Gasteiger partial charge in [-0.3, -0.25) is 9.69 Å². The predicted octanol–water partition coefficient (Wildman–Crippen LogP) is 4.01. The average Bonchev–Trinajstić information content (AvgIpc) is 3.18. The number of aryl methyl sites for hydroxylation is 1. The summed E-state index contributed by atoms with van der Waals surface area (Å²) in [6, 6.07) is 12.2. The fraction of sp³-hybridized carbons (Fsp3) is 0.423. The summed E-state index contributed by atoms with van der Waals surface area (Å²) >= 11 is 0. The van der Waals surface area contributed by atoms with Crippen LogP contribution < -0.4 is 19.9 Å². The zero-order valence-corrected chi connectivity index (χ0v) is 20.4. The Morgan fingerprint density at radius 3 is 2.56 bits per heavy atom. The monoisotopic (exact) mass is 495 g/mol. The van der Waals surface area contributed by atoms with Crippen molar-refractivity contribution in [2.24, 2.45) is 7.05 Å². The number of hydrogen-bond donors (Lipinski definition) is 0. The van der Waals surface area contributed by atoms with Gasteiger partial charge in [0.05, 0.1) is 11.2 Å². The molecule has 3 aromatic rings. The molecule has 0 unspecified atom stereocenters. The minimum absolute atomic E-state index is 0.0359. The van der Waals surface area contributed by atoms with E-state index < -0.39 is 6.29 Å². The van der Waals surface area contributed by atoms with E-state index in [9.17, 15) is 18.8 Å². The number of pyridine rings is 2. The number of hydrogen-bond acceptors (Lipinski definition) is 7. The van der Waals surface area contributed by atoms with Crippen molar-refractivity contribution >= 4 is 16.7 Å². The van der Waals surface area contributed by atoms with Crippen LogP contribution in [0.2, 0.25) is 0 Å². The maximum absolute atomic E-state index is 13.5. The van der Waals surface area contributed by atoms with Crippen molar-refractivity contribution in [1.29, 1.82) is 5.26 Å². The van der Waals surface area contributed by atoms with Crippen LogP contribution in [-0.4, -0.2) is 45.9 Å². The summed E-state index contributed by atoms with van der Waals surface area (Å²) in [7, 11) is 1.70. The van der Waals surface area contributed by atoms with Gasteiger partial charge in [0.25, 0.3) is 5.56 Å². The molecular weight excluding hydrogens is 468 g/mol. The number of ether oxygens (including phenoxy) is 2. The fourth-order valence-electron chi connectivity index (χ4n) is 5.15. The highest BCUT2D eigenvalue weighted by atomic mass is 19.3. The molecule has 0 amide bonds. The quantitative estimate of drug-likeness (QED) is 0.529. The molecule has 0 N–H and O–H groups in total. The van der Waals surface area contributed by atoms with Crippen LogP contribution in [0.3, 0.4) is 0 Å². The Kier molecular flexibility index (Phi) is 6.04. The standard InChI is InChI=1S/C26H27F2N5O3/c1-4-18-15-33(21-11-24(34)31(3)20-8-7-17(12-29)30-25(20)21)19(5-2)14-32(18)13-16-6-9-22-23(10-16)36-26(27,28)35-22/h6-11,18-19H,4-5,13-15H2,1-3H3/t18-,19+/m1/s1. The number of piperazine rings is 1. The largest absolute Gasteiger partial charge is 0.586 e. The molecule has 0 spiro atoms. The molecular formula is C26H27F2N5O3. The van der Waals surface area contributed by atoms with Crippen molar-refractivity contribution in [2.45, 2.75) is 51.6 Å². The van der Waals surface area contributed by atoms with Gasteiger partial charge in [-0.25, -0.2) is 4.98 Å². The van der Waals surface area contributed by atoms with E-state index >= 15 is 0 Å². The molecule has 1 saturated heterocycles. The lowest BCUT2D eigenvalue weighted by Crippen LogP contribution is -2.58. The minimum atomic E-state index is -3.64. The van der Waals surface area contributed by atoms with Gasteiger partial charge in [-0.05, 0) is 42.7 Å². The molecule has 0 saturated carbocycles. The molecule has 8 nitrogen and oxygen atoms in total. The van der Waals surface area contributed by atoms with E-state index in [4.69, 9.17) is 0 Å². The molecule has 1 aromatic carbocycles. The van der Waals surface area contributed by atoms with Crippen molar-refractivity contribution in [1.82, 2.24) is 14.5 Å². The van der Waals surface area contributed by atoms with Gasteiger partial charge in [0, 0.05) is 44.8 Å². The van der Waals surface area contributed by atoms with E-state index in [0.29, 0.717) is 36.4 Å².